The van der Waals surface area contributed by atoms with Crippen LogP contribution in [0.4, 0.5) is 10.8 Å². The average Bonchev–Trinajstić information content (AvgIpc) is 3.32. The Morgan fingerprint density at radius 2 is 1.92 bits per heavy atom. The van der Waals surface area contributed by atoms with Crippen molar-refractivity contribution >= 4 is 22.2 Å². The maximum atomic E-state index is 4.62. The number of benzene rings is 1. The molecule has 2 fully saturated rings. The van der Waals surface area contributed by atoms with Gasteiger partial charge in [0.15, 0.2) is 5.13 Å². The summed E-state index contributed by atoms with van der Waals surface area (Å²) in [6.45, 7) is 7.77. The third-order valence-electron chi connectivity index (χ3n) is 5.34. The van der Waals surface area contributed by atoms with E-state index < -0.39 is 0 Å². The first kappa shape index (κ1) is 16.9. The molecule has 4 rings (SSSR count). The van der Waals surface area contributed by atoms with Crippen molar-refractivity contribution in [2.75, 3.05) is 36.0 Å². The van der Waals surface area contributed by atoms with Crippen LogP contribution in [-0.2, 0) is 6.54 Å². The molecule has 4 nitrogen and oxygen atoms in total. The predicted octanol–water partition coefficient (Wildman–Crippen LogP) is 3.81. The summed E-state index contributed by atoms with van der Waals surface area (Å²) in [7, 11) is 0. The van der Waals surface area contributed by atoms with Crippen LogP contribution >= 0.6 is 11.3 Å². The van der Waals surface area contributed by atoms with Crippen molar-refractivity contribution in [2.45, 2.75) is 45.2 Å². The van der Waals surface area contributed by atoms with E-state index >= 15 is 0 Å². The number of piperidine rings is 1. The summed E-state index contributed by atoms with van der Waals surface area (Å²) in [5.41, 5.74) is 2.72. The molecule has 0 atom stereocenters. The van der Waals surface area contributed by atoms with Gasteiger partial charge in [-0.25, -0.2) is 4.98 Å². The van der Waals surface area contributed by atoms with Gasteiger partial charge in [-0.1, -0.05) is 12.1 Å². The van der Waals surface area contributed by atoms with E-state index in [2.05, 4.69) is 57.5 Å². The molecular formula is C20H28N4S. The molecule has 0 spiro atoms. The molecule has 0 bridgehead atoms. The van der Waals surface area contributed by atoms with Crippen molar-refractivity contribution in [3.05, 3.63) is 40.9 Å². The van der Waals surface area contributed by atoms with Crippen LogP contribution < -0.4 is 15.1 Å². The smallest absolute Gasteiger partial charge is 0.185 e. The van der Waals surface area contributed by atoms with Gasteiger partial charge in [0.05, 0.1) is 0 Å². The summed E-state index contributed by atoms with van der Waals surface area (Å²) in [6.07, 6.45) is 7.12. The lowest BCUT2D eigenvalue weighted by Gasteiger charge is -2.34. The Kier molecular flexibility index (Phi) is 5.22. The zero-order chi connectivity index (χ0) is 17.1. The first-order valence-electron chi connectivity index (χ1n) is 9.52. The molecule has 2 aliphatic rings. The maximum Gasteiger partial charge on any atom is 0.185 e. The molecule has 5 heteroatoms. The monoisotopic (exact) mass is 356 g/mol. The van der Waals surface area contributed by atoms with Gasteiger partial charge in [-0.05, 0) is 50.3 Å². The summed E-state index contributed by atoms with van der Waals surface area (Å²) in [4.78, 5) is 10.9. The molecule has 0 amide bonds. The fourth-order valence-electron chi connectivity index (χ4n) is 3.84. The lowest BCUT2D eigenvalue weighted by Crippen LogP contribution is -2.42. The number of nitrogens with zero attached hydrogens (tertiary/aromatic N) is 3. The molecule has 25 heavy (non-hydrogen) atoms. The third-order valence-corrected chi connectivity index (χ3v) is 6.40. The second-order valence-electron chi connectivity index (χ2n) is 7.28. The van der Waals surface area contributed by atoms with Crippen molar-refractivity contribution in [3.8, 4) is 0 Å². The Balaban J connectivity index is 1.25. The Hall–Kier alpha value is -1.59. The number of nitrogens with one attached hydrogen (secondary N) is 1. The van der Waals surface area contributed by atoms with Gasteiger partial charge >= 0.3 is 0 Å². The standard InChI is InChI=1S/C20H28N4S/c1-16-5-4-6-18(13-16)23-11-7-17(8-12-23)21-14-19-15-22-20(25-19)24-9-2-3-10-24/h4-6,13,15,17,21H,2-3,7-12,14H2,1H3. The minimum absolute atomic E-state index is 0.624. The molecule has 0 saturated carbocycles. The van der Waals surface area contributed by atoms with Crippen molar-refractivity contribution < 1.29 is 0 Å². The third kappa shape index (κ3) is 4.15. The fourth-order valence-corrected chi connectivity index (χ4v) is 4.76. The van der Waals surface area contributed by atoms with Gasteiger partial charge in [-0.3, -0.25) is 0 Å². The largest absolute Gasteiger partial charge is 0.371 e. The van der Waals surface area contributed by atoms with Crippen molar-refractivity contribution in [3.63, 3.8) is 0 Å². The van der Waals surface area contributed by atoms with Gasteiger partial charge in [0.2, 0.25) is 0 Å². The SMILES string of the molecule is Cc1cccc(N2CCC(NCc3cnc(N4CCCC4)s3)CC2)c1. The van der Waals surface area contributed by atoms with Gasteiger partial charge in [0.1, 0.15) is 0 Å². The molecule has 2 aromatic rings. The zero-order valence-electron chi connectivity index (χ0n) is 15.1. The Labute approximate surface area is 154 Å². The van der Waals surface area contributed by atoms with Gasteiger partial charge in [0.25, 0.3) is 0 Å². The average molecular weight is 357 g/mol. The number of rotatable bonds is 5. The van der Waals surface area contributed by atoms with Crippen LogP contribution in [0.5, 0.6) is 0 Å². The molecule has 2 saturated heterocycles. The van der Waals surface area contributed by atoms with Crippen LogP contribution in [0.3, 0.4) is 0 Å². The number of anilines is 2. The highest BCUT2D eigenvalue weighted by molar-refractivity contribution is 7.15. The second-order valence-corrected chi connectivity index (χ2v) is 8.38. The minimum Gasteiger partial charge on any atom is -0.371 e. The Morgan fingerprint density at radius 3 is 2.68 bits per heavy atom. The molecule has 3 heterocycles. The quantitative estimate of drug-likeness (QED) is 0.883. The van der Waals surface area contributed by atoms with Crippen LogP contribution in [-0.4, -0.2) is 37.2 Å². The molecule has 0 radical (unpaired) electrons. The van der Waals surface area contributed by atoms with Gasteiger partial charge in [-0.2, -0.15) is 0 Å². The molecule has 134 valence electrons. The van der Waals surface area contributed by atoms with Gasteiger partial charge in [-0.15, -0.1) is 11.3 Å². The first-order valence-corrected chi connectivity index (χ1v) is 10.3. The molecule has 1 N–H and O–H groups in total. The van der Waals surface area contributed by atoms with Gasteiger partial charge < -0.3 is 15.1 Å². The van der Waals surface area contributed by atoms with E-state index in [1.165, 1.54) is 60.0 Å². The summed E-state index contributed by atoms with van der Waals surface area (Å²) in [5, 5.41) is 4.96. The van der Waals surface area contributed by atoms with Crippen LogP contribution in [0.1, 0.15) is 36.1 Å². The normalized spacial score (nSPS) is 18.9. The van der Waals surface area contributed by atoms with E-state index in [9.17, 15) is 0 Å². The van der Waals surface area contributed by atoms with E-state index in [4.69, 9.17) is 0 Å². The number of hydrogen-bond donors (Lipinski definition) is 1. The summed E-state index contributed by atoms with van der Waals surface area (Å²) >= 11 is 1.86. The van der Waals surface area contributed by atoms with Crippen LogP contribution in [0.15, 0.2) is 30.5 Å². The highest BCUT2D eigenvalue weighted by Gasteiger charge is 2.20. The van der Waals surface area contributed by atoms with Crippen LogP contribution in [0, 0.1) is 6.92 Å². The fraction of sp³-hybridized carbons (Fsp3) is 0.550. The van der Waals surface area contributed by atoms with Crippen molar-refractivity contribution in [1.82, 2.24) is 10.3 Å². The number of hydrogen-bond acceptors (Lipinski definition) is 5. The minimum atomic E-state index is 0.624. The molecular weight excluding hydrogens is 328 g/mol. The van der Waals surface area contributed by atoms with E-state index in [-0.39, 0.29) is 0 Å². The lowest BCUT2D eigenvalue weighted by atomic mass is 10.0. The van der Waals surface area contributed by atoms with E-state index in [1.807, 2.05) is 11.3 Å². The lowest BCUT2D eigenvalue weighted by molar-refractivity contribution is 0.415. The Bertz CT molecular complexity index is 685. The first-order chi connectivity index (χ1) is 12.3. The molecule has 1 aromatic carbocycles. The number of aromatic nitrogens is 1. The van der Waals surface area contributed by atoms with Crippen LogP contribution in [0.25, 0.3) is 0 Å². The zero-order valence-corrected chi connectivity index (χ0v) is 15.9. The molecule has 1 aromatic heterocycles. The van der Waals surface area contributed by atoms with E-state index in [1.54, 1.807) is 0 Å². The molecule has 2 aliphatic heterocycles. The summed E-state index contributed by atoms with van der Waals surface area (Å²) in [5.74, 6) is 0. The number of thiazole rings is 1. The van der Waals surface area contributed by atoms with Crippen LogP contribution in [0.2, 0.25) is 0 Å². The maximum absolute atomic E-state index is 4.62. The number of aryl methyl sites for hydroxylation is 1. The summed E-state index contributed by atoms with van der Waals surface area (Å²) < 4.78 is 0. The summed E-state index contributed by atoms with van der Waals surface area (Å²) in [6, 6.07) is 9.49. The van der Waals surface area contributed by atoms with Crippen molar-refractivity contribution in [1.29, 1.82) is 0 Å². The Morgan fingerprint density at radius 1 is 1.12 bits per heavy atom. The molecule has 0 aliphatic carbocycles. The van der Waals surface area contributed by atoms with E-state index in [0.29, 0.717) is 6.04 Å². The second kappa shape index (κ2) is 7.75. The highest BCUT2D eigenvalue weighted by atomic mass is 32.1. The highest BCUT2D eigenvalue weighted by Crippen LogP contribution is 2.26. The topological polar surface area (TPSA) is 31.4 Å². The predicted molar refractivity (Wildman–Crippen MR) is 107 cm³/mol. The van der Waals surface area contributed by atoms with E-state index in [0.717, 1.165) is 19.6 Å². The van der Waals surface area contributed by atoms with Crippen molar-refractivity contribution in [2.24, 2.45) is 0 Å². The molecule has 0 unspecified atom stereocenters. The van der Waals surface area contributed by atoms with Gasteiger partial charge in [0, 0.05) is 55.5 Å².